The Labute approximate surface area is 128 Å². The van der Waals surface area contributed by atoms with Gasteiger partial charge in [-0.15, -0.1) is 0 Å². The summed E-state index contributed by atoms with van der Waals surface area (Å²) >= 11 is 0. The lowest BCUT2D eigenvalue weighted by molar-refractivity contribution is 0.353. The highest BCUT2D eigenvalue weighted by Crippen LogP contribution is 2.11. The number of hydrogen-bond donors (Lipinski definition) is 2. The molecule has 0 amide bonds. The normalized spacial score (nSPS) is 19.8. The molecule has 1 aliphatic heterocycles. The minimum Gasteiger partial charge on any atom is -0.317 e. The topological polar surface area (TPSA) is 24.1 Å². The van der Waals surface area contributed by atoms with Gasteiger partial charge in [0.25, 0.3) is 0 Å². The fraction of sp³-hybridized carbons (Fsp3) is 1.00. The Kier molecular flexibility index (Phi) is 29.7. The van der Waals surface area contributed by atoms with E-state index in [1.165, 1.54) is 19.3 Å². The Hall–Kier alpha value is -0.150. The van der Waals surface area contributed by atoms with Crippen molar-refractivity contribution in [3.05, 3.63) is 0 Å². The van der Waals surface area contributed by atoms with E-state index in [9.17, 15) is 4.39 Å². The van der Waals surface area contributed by atoms with Crippen LogP contribution in [0.25, 0.3) is 0 Å². The number of hydrogen-bond acceptors (Lipinski definition) is 2. The molecule has 0 spiro atoms. The van der Waals surface area contributed by atoms with E-state index in [0.29, 0.717) is 19.0 Å². The van der Waals surface area contributed by atoms with E-state index in [2.05, 4.69) is 17.6 Å². The third-order valence-electron chi connectivity index (χ3n) is 2.79. The first kappa shape index (κ1) is 24.8. The minimum atomic E-state index is -0.611. The van der Waals surface area contributed by atoms with Gasteiger partial charge in [0.1, 0.15) is 6.17 Å². The van der Waals surface area contributed by atoms with Gasteiger partial charge in [-0.3, -0.25) is 0 Å². The van der Waals surface area contributed by atoms with Crippen molar-refractivity contribution in [1.82, 2.24) is 10.6 Å². The van der Waals surface area contributed by atoms with Crippen LogP contribution >= 0.6 is 0 Å². The third kappa shape index (κ3) is 17.8. The summed E-state index contributed by atoms with van der Waals surface area (Å²) in [7, 11) is 0. The number of rotatable bonds is 7. The molecule has 0 aliphatic carbocycles. The van der Waals surface area contributed by atoms with Crippen LogP contribution in [-0.4, -0.2) is 31.8 Å². The predicted molar refractivity (Wildman–Crippen MR) is 92.4 cm³/mol. The van der Waals surface area contributed by atoms with Gasteiger partial charge in [0, 0.05) is 12.6 Å². The Morgan fingerprint density at radius 2 is 1.60 bits per heavy atom. The molecule has 1 saturated heterocycles. The fourth-order valence-electron chi connectivity index (χ4n) is 1.89. The number of unbranched alkanes of at least 4 members (excludes halogenated alkanes) is 2. The van der Waals surface area contributed by atoms with E-state index >= 15 is 0 Å². The molecule has 1 rings (SSSR count). The second kappa shape index (κ2) is 23.9. The molecule has 0 radical (unpaired) electrons. The van der Waals surface area contributed by atoms with Crippen molar-refractivity contribution in [3.8, 4) is 0 Å². The zero-order valence-electron chi connectivity index (χ0n) is 15.2. The van der Waals surface area contributed by atoms with E-state index in [1.54, 1.807) is 0 Å². The first-order chi connectivity index (χ1) is 9.83. The van der Waals surface area contributed by atoms with Crippen molar-refractivity contribution in [3.63, 3.8) is 0 Å². The van der Waals surface area contributed by atoms with Gasteiger partial charge in [-0.1, -0.05) is 61.3 Å². The molecule has 3 heteroatoms. The molecule has 2 nitrogen and oxygen atoms in total. The summed E-state index contributed by atoms with van der Waals surface area (Å²) in [5.74, 6) is 0. The summed E-state index contributed by atoms with van der Waals surface area (Å²) in [5, 5.41) is 6.59. The van der Waals surface area contributed by atoms with Gasteiger partial charge in [0.15, 0.2) is 0 Å². The van der Waals surface area contributed by atoms with E-state index in [-0.39, 0.29) is 0 Å². The van der Waals surface area contributed by atoms with Gasteiger partial charge in [-0.2, -0.15) is 0 Å². The highest BCUT2D eigenvalue weighted by atomic mass is 19.1. The SMILES string of the molecule is CC.CC.CC.CCCCCNCCC1CC(F)CN1. The van der Waals surface area contributed by atoms with Crippen LogP contribution in [0.4, 0.5) is 4.39 Å². The van der Waals surface area contributed by atoms with E-state index in [4.69, 9.17) is 0 Å². The average Bonchev–Trinajstić information content (AvgIpc) is 2.94. The lowest BCUT2D eigenvalue weighted by atomic mass is 10.1. The molecule has 1 aliphatic rings. The van der Waals surface area contributed by atoms with Crippen molar-refractivity contribution < 1.29 is 4.39 Å². The summed E-state index contributed by atoms with van der Waals surface area (Å²) in [5.41, 5.74) is 0. The number of nitrogens with one attached hydrogen (secondary N) is 2. The Morgan fingerprint density at radius 1 is 1.00 bits per heavy atom. The van der Waals surface area contributed by atoms with Crippen molar-refractivity contribution >= 4 is 0 Å². The standard InChI is InChI=1S/C11H23FN2.3C2H6/c1-2-3-4-6-13-7-5-11-8-10(12)9-14-11;3*1-2/h10-11,13-14H,2-9H2,1H3;3*1-2H3. The molecule has 0 aromatic carbocycles. The Morgan fingerprint density at radius 3 is 2.05 bits per heavy atom. The van der Waals surface area contributed by atoms with Crippen LogP contribution in [0.2, 0.25) is 0 Å². The third-order valence-corrected chi connectivity index (χ3v) is 2.79. The molecule has 0 aromatic rings. The highest BCUT2D eigenvalue weighted by molar-refractivity contribution is 4.81. The lowest BCUT2D eigenvalue weighted by Gasteiger charge is -2.10. The van der Waals surface area contributed by atoms with Gasteiger partial charge < -0.3 is 10.6 Å². The van der Waals surface area contributed by atoms with Gasteiger partial charge in [0.2, 0.25) is 0 Å². The summed E-state index contributed by atoms with van der Waals surface area (Å²) < 4.78 is 12.8. The van der Waals surface area contributed by atoms with Crippen molar-refractivity contribution in [2.75, 3.05) is 19.6 Å². The van der Waals surface area contributed by atoms with Gasteiger partial charge in [0.05, 0.1) is 0 Å². The molecule has 2 unspecified atom stereocenters. The summed E-state index contributed by atoms with van der Waals surface area (Å²) in [4.78, 5) is 0. The largest absolute Gasteiger partial charge is 0.317 e. The molecular formula is C17H41FN2. The molecule has 0 saturated carbocycles. The van der Waals surface area contributed by atoms with Gasteiger partial charge in [-0.05, 0) is 32.4 Å². The maximum Gasteiger partial charge on any atom is 0.114 e. The lowest BCUT2D eigenvalue weighted by Crippen LogP contribution is -2.27. The molecule has 126 valence electrons. The van der Waals surface area contributed by atoms with E-state index in [0.717, 1.165) is 19.5 Å². The van der Waals surface area contributed by atoms with Crippen LogP contribution in [-0.2, 0) is 0 Å². The van der Waals surface area contributed by atoms with Crippen LogP contribution in [0.5, 0.6) is 0 Å². The van der Waals surface area contributed by atoms with Gasteiger partial charge >= 0.3 is 0 Å². The predicted octanol–water partition coefficient (Wildman–Crippen LogP) is 4.93. The average molecular weight is 293 g/mol. The second-order valence-electron chi connectivity index (χ2n) is 4.18. The molecule has 1 heterocycles. The molecule has 0 aromatic heterocycles. The first-order valence-electron chi connectivity index (χ1n) is 8.91. The van der Waals surface area contributed by atoms with Crippen LogP contribution in [0, 0.1) is 0 Å². The monoisotopic (exact) mass is 292 g/mol. The summed E-state index contributed by atoms with van der Waals surface area (Å²) in [6.45, 7) is 16.9. The quantitative estimate of drug-likeness (QED) is 0.650. The van der Waals surface area contributed by atoms with Crippen LogP contribution in [0.1, 0.15) is 80.6 Å². The van der Waals surface area contributed by atoms with Crippen LogP contribution < -0.4 is 10.6 Å². The molecular weight excluding hydrogens is 251 g/mol. The molecule has 20 heavy (non-hydrogen) atoms. The Bertz CT molecular complexity index is 143. The van der Waals surface area contributed by atoms with Crippen LogP contribution in [0.15, 0.2) is 0 Å². The highest BCUT2D eigenvalue weighted by Gasteiger charge is 2.22. The van der Waals surface area contributed by atoms with Crippen molar-refractivity contribution in [2.24, 2.45) is 0 Å². The second-order valence-corrected chi connectivity index (χ2v) is 4.18. The fourth-order valence-corrected chi connectivity index (χ4v) is 1.89. The summed E-state index contributed by atoms with van der Waals surface area (Å²) in [6, 6.07) is 0.406. The smallest absolute Gasteiger partial charge is 0.114 e. The van der Waals surface area contributed by atoms with Crippen molar-refractivity contribution in [1.29, 1.82) is 0 Å². The Balaban J connectivity index is -0.000000425. The van der Waals surface area contributed by atoms with Gasteiger partial charge in [-0.25, -0.2) is 4.39 Å². The minimum absolute atomic E-state index is 0.406. The van der Waals surface area contributed by atoms with E-state index in [1.807, 2.05) is 41.5 Å². The molecule has 2 N–H and O–H groups in total. The maximum absolute atomic E-state index is 12.8. The maximum atomic E-state index is 12.8. The number of alkyl halides is 1. The van der Waals surface area contributed by atoms with E-state index < -0.39 is 6.17 Å². The summed E-state index contributed by atoms with van der Waals surface area (Å²) in [6.07, 6.45) is 5.00. The molecule has 2 atom stereocenters. The number of halogens is 1. The molecule has 1 fully saturated rings. The zero-order valence-corrected chi connectivity index (χ0v) is 15.2. The van der Waals surface area contributed by atoms with Crippen molar-refractivity contribution in [2.45, 2.75) is 92.8 Å². The first-order valence-corrected chi connectivity index (χ1v) is 8.91. The van der Waals surface area contributed by atoms with Crippen LogP contribution in [0.3, 0.4) is 0 Å². The zero-order chi connectivity index (χ0) is 16.2. The molecule has 0 bridgehead atoms.